The Morgan fingerprint density at radius 3 is 2.05 bits per heavy atom. The van der Waals surface area contributed by atoms with Crippen LogP contribution in [0.4, 0.5) is 4.39 Å². The Balaban J connectivity index is 1.49. The lowest BCUT2D eigenvalue weighted by Gasteiger charge is -2.33. The van der Waals surface area contributed by atoms with Crippen molar-refractivity contribution in [1.29, 1.82) is 5.26 Å². The number of hydrogen-bond acceptors (Lipinski definition) is 5. The van der Waals surface area contributed by atoms with E-state index in [1.807, 2.05) is 0 Å². The van der Waals surface area contributed by atoms with E-state index >= 15 is 0 Å². The molecule has 1 heterocycles. The number of likely N-dealkylation sites (tertiary alicyclic amines) is 1. The Morgan fingerprint density at radius 1 is 0.878 bits per heavy atom. The molecular weight excluding hydrogens is 515 g/mol. The van der Waals surface area contributed by atoms with Crippen molar-refractivity contribution < 1.29 is 19.4 Å². The lowest BCUT2D eigenvalue weighted by molar-refractivity contribution is 0.0838. The first-order valence-electron chi connectivity index (χ1n) is 15.8. The highest BCUT2D eigenvalue weighted by Crippen LogP contribution is 2.39. The van der Waals surface area contributed by atoms with E-state index in [0.717, 1.165) is 63.7 Å². The fourth-order valence-corrected chi connectivity index (χ4v) is 6.20. The summed E-state index contributed by atoms with van der Waals surface area (Å²) < 4.78 is 13.2. The quantitative estimate of drug-likeness (QED) is 0.107. The fourth-order valence-electron chi connectivity index (χ4n) is 6.20. The van der Waals surface area contributed by atoms with Gasteiger partial charge >= 0.3 is 0 Å². The molecule has 0 aliphatic carbocycles. The van der Waals surface area contributed by atoms with Gasteiger partial charge in [0.05, 0.1) is 11.5 Å². The SMILES string of the molecule is CCCCCCCCCCCCC(C#N)(CCCN1CCC(C(=O)c2ccc(F)cc2)CC1)c1ccc(O)c(O)c1. The van der Waals surface area contributed by atoms with Crippen LogP contribution < -0.4 is 0 Å². The number of carbonyl (C=O) groups is 1. The maximum Gasteiger partial charge on any atom is 0.166 e. The Hall–Kier alpha value is -2.91. The summed E-state index contributed by atoms with van der Waals surface area (Å²) in [5.41, 5.74) is 0.643. The van der Waals surface area contributed by atoms with E-state index in [2.05, 4.69) is 17.9 Å². The Morgan fingerprint density at radius 2 is 1.46 bits per heavy atom. The lowest BCUT2D eigenvalue weighted by Crippen LogP contribution is -2.37. The second-order valence-corrected chi connectivity index (χ2v) is 11.9. The summed E-state index contributed by atoms with van der Waals surface area (Å²) in [6.07, 6.45) is 16.2. The number of piperidine rings is 1. The highest BCUT2D eigenvalue weighted by Gasteiger charge is 2.33. The molecule has 5 nitrogen and oxygen atoms in total. The summed E-state index contributed by atoms with van der Waals surface area (Å²) in [7, 11) is 0. The molecule has 2 aromatic carbocycles. The van der Waals surface area contributed by atoms with Crippen molar-refractivity contribution in [3.63, 3.8) is 0 Å². The number of rotatable bonds is 18. The van der Waals surface area contributed by atoms with Crippen LogP contribution in [0, 0.1) is 23.1 Å². The number of Topliss-reactive ketones (excluding diaryl/α,β-unsaturated/α-hetero) is 1. The molecule has 6 heteroatoms. The van der Waals surface area contributed by atoms with Crippen molar-refractivity contribution in [3.05, 3.63) is 59.4 Å². The van der Waals surface area contributed by atoms with Gasteiger partial charge in [-0.2, -0.15) is 5.26 Å². The van der Waals surface area contributed by atoms with E-state index in [4.69, 9.17) is 0 Å². The zero-order valence-corrected chi connectivity index (χ0v) is 24.9. The molecule has 1 aliphatic heterocycles. The van der Waals surface area contributed by atoms with Gasteiger partial charge in [-0.3, -0.25) is 4.79 Å². The summed E-state index contributed by atoms with van der Waals surface area (Å²) in [5.74, 6) is -0.626. The first-order valence-corrected chi connectivity index (χ1v) is 15.8. The van der Waals surface area contributed by atoms with Gasteiger partial charge in [0.1, 0.15) is 5.82 Å². The van der Waals surface area contributed by atoms with Crippen molar-refractivity contribution in [1.82, 2.24) is 4.90 Å². The third-order valence-corrected chi connectivity index (χ3v) is 8.86. The van der Waals surface area contributed by atoms with Crippen LogP contribution in [0.3, 0.4) is 0 Å². The highest BCUT2D eigenvalue weighted by molar-refractivity contribution is 5.97. The molecule has 0 spiro atoms. The third kappa shape index (κ3) is 10.1. The molecule has 1 aliphatic rings. The minimum Gasteiger partial charge on any atom is -0.504 e. The smallest absolute Gasteiger partial charge is 0.166 e. The summed E-state index contributed by atoms with van der Waals surface area (Å²) in [6, 6.07) is 13.3. The molecule has 1 atom stereocenters. The molecule has 41 heavy (non-hydrogen) atoms. The number of nitrogens with zero attached hydrogens (tertiary/aromatic N) is 2. The van der Waals surface area contributed by atoms with Crippen molar-refractivity contribution >= 4 is 5.78 Å². The van der Waals surface area contributed by atoms with Gasteiger partial charge in [0.25, 0.3) is 0 Å². The number of carbonyl (C=O) groups excluding carboxylic acids is 1. The van der Waals surface area contributed by atoms with Crippen molar-refractivity contribution in [2.24, 2.45) is 5.92 Å². The van der Waals surface area contributed by atoms with Gasteiger partial charge in [-0.15, -0.1) is 0 Å². The maximum absolute atomic E-state index is 13.2. The number of halogens is 1. The zero-order chi connectivity index (χ0) is 29.5. The third-order valence-electron chi connectivity index (χ3n) is 8.86. The van der Waals surface area contributed by atoms with E-state index in [-0.39, 0.29) is 29.0 Å². The normalized spacial score (nSPS) is 15.8. The zero-order valence-electron chi connectivity index (χ0n) is 24.9. The fraction of sp³-hybridized carbons (Fsp3) is 0.600. The largest absolute Gasteiger partial charge is 0.504 e. The molecule has 0 aromatic heterocycles. The second-order valence-electron chi connectivity index (χ2n) is 11.9. The molecule has 0 amide bonds. The van der Waals surface area contributed by atoms with E-state index in [1.165, 1.54) is 69.6 Å². The number of hydrogen-bond donors (Lipinski definition) is 2. The first-order chi connectivity index (χ1) is 19.9. The Kier molecular flexibility index (Phi) is 13.6. The van der Waals surface area contributed by atoms with Crippen LogP contribution in [0.1, 0.15) is 119 Å². The summed E-state index contributed by atoms with van der Waals surface area (Å²) >= 11 is 0. The van der Waals surface area contributed by atoms with E-state index in [1.54, 1.807) is 24.3 Å². The average molecular weight is 565 g/mol. The van der Waals surface area contributed by atoms with Gasteiger partial charge in [-0.1, -0.05) is 77.2 Å². The molecule has 224 valence electrons. The van der Waals surface area contributed by atoms with Crippen LogP contribution >= 0.6 is 0 Å². The van der Waals surface area contributed by atoms with Gasteiger partial charge < -0.3 is 15.1 Å². The van der Waals surface area contributed by atoms with Crippen LogP contribution in [0.15, 0.2) is 42.5 Å². The molecule has 3 rings (SSSR count). The number of unbranched alkanes of at least 4 members (excludes halogenated alkanes) is 9. The van der Waals surface area contributed by atoms with E-state index in [0.29, 0.717) is 12.0 Å². The van der Waals surface area contributed by atoms with Crippen LogP contribution in [-0.4, -0.2) is 40.5 Å². The minimum absolute atomic E-state index is 0.0359. The lowest BCUT2D eigenvalue weighted by atomic mass is 9.74. The number of phenols is 2. The van der Waals surface area contributed by atoms with Crippen LogP contribution in [-0.2, 0) is 5.41 Å². The summed E-state index contributed by atoms with van der Waals surface area (Å²) in [5, 5.41) is 30.5. The molecule has 0 bridgehead atoms. The molecule has 1 saturated heterocycles. The van der Waals surface area contributed by atoms with Gasteiger partial charge in [0, 0.05) is 11.5 Å². The average Bonchev–Trinajstić information content (AvgIpc) is 2.99. The Labute approximate surface area is 246 Å². The van der Waals surface area contributed by atoms with Crippen molar-refractivity contribution in [2.45, 2.75) is 109 Å². The van der Waals surface area contributed by atoms with Crippen molar-refractivity contribution in [2.75, 3.05) is 19.6 Å². The van der Waals surface area contributed by atoms with Gasteiger partial charge in [-0.25, -0.2) is 4.39 Å². The summed E-state index contributed by atoms with van der Waals surface area (Å²) in [6.45, 7) is 4.75. The maximum atomic E-state index is 13.2. The first kappa shape index (κ1) is 32.6. The molecule has 1 fully saturated rings. The monoisotopic (exact) mass is 564 g/mol. The van der Waals surface area contributed by atoms with Crippen LogP contribution in [0.2, 0.25) is 0 Å². The number of benzene rings is 2. The second kappa shape index (κ2) is 17.1. The molecule has 1 unspecified atom stereocenters. The van der Waals surface area contributed by atoms with Gasteiger partial charge in [0.2, 0.25) is 0 Å². The number of aromatic hydroxyl groups is 2. The molecular formula is C35H49FN2O3. The van der Waals surface area contributed by atoms with Crippen molar-refractivity contribution in [3.8, 4) is 17.6 Å². The number of nitriles is 1. The van der Waals surface area contributed by atoms with Crippen LogP contribution in [0.5, 0.6) is 11.5 Å². The highest BCUT2D eigenvalue weighted by atomic mass is 19.1. The molecule has 0 saturated carbocycles. The van der Waals surface area contributed by atoms with E-state index < -0.39 is 5.41 Å². The van der Waals surface area contributed by atoms with Gasteiger partial charge in [0.15, 0.2) is 17.3 Å². The standard InChI is InChI=1S/C35H49FN2O3/c1-2-3-4-5-6-7-8-9-10-11-21-35(27-37,30-15-18-32(39)33(40)26-30)22-12-23-38-24-19-29(20-25-38)34(41)28-13-16-31(36)17-14-28/h13-18,26,29,39-40H,2-12,19-25H2,1H3. The predicted octanol–water partition coefficient (Wildman–Crippen LogP) is 8.68. The number of ketones is 1. The number of phenolic OH excluding ortho intramolecular Hbond substituents is 2. The van der Waals surface area contributed by atoms with E-state index in [9.17, 15) is 24.7 Å². The predicted molar refractivity (Wildman–Crippen MR) is 163 cm³/mol. The molecule has 2 aromatic rings. The molecule has 2 N–H and O–H groups in total. The Bertz CT molecular complexity index is 1110. The minimum atomic E-state index is -0.706. The topological polar surface area (TPSA) is 84.6 Å². The summed E-state index contributed by atoms with van der Waals surface area (Å²) in [4.78, 5) is 15.2. The van der Waals surface area contributed by atoms with Crippen LogP contribution in [0.25, 0.3) is 0 Å². The van der Waals surface area contributed by atoms with Gasteiger partial charge in [-0.05, 0) is 93.7 Å². The molecule has 0 radical (unpaired) electrons.